The molecule has 220 valence electrons. The number of halogens is 1. The molecule has 0 saturated carbocycles. The van der Waals surface area contributed by atoms with Crippen molar-refractivity contribution in [3.05, 3.63) is 70.8 Å². The highest BCUT2D eigenvalue weighted by Crippen LogP contribution is 2.28. The largest absolute Gasteiger partial charge is 0.478 e. The number of imidazole rings is 1. The number of carbonyl (C=O) groups excluding carboxylic acids is 2. The molecule has 2 N–H and O–H groups in total. The Morgan fingerprint density at radius 1 is 1.15 bits per heavy atom. The maximum Gasteiger partial charge on any atom is 0.336 e. The fourth-order valence-electron chi connectivity index (χ4n) is 4.68. The van der Waals surface area contributed by atoms with Crippen LogP contribution in [0.5, 0.6) is 6.01 Å². The zero-order chi connectivity index (χ0) is 30.1. The molecular weight excluding hydrogens is 545 g/mol. The van der Waals surface area contributed by atoms with Crippen molar-refractivity contribution < 1.29 is 28.6 Å². The number of hydrogen-bond acceptors (Lipinski definition) is 6. The Hall–Kier alpha value is -3.66. The number of carbonyl (C=O) groups is 3. The van der Waals surface area contributed by atoms with Gasteiger partial charge in [0, 0.05) is 24.2 Å². The van der Waals surface area contributed by atoms with E-state index in [1.165, 1.54) is 19.1 Å². The van der Waals surface area contributed by atoms with Gasteiger partial charge in [-0.25, -0.2) is 9.18 Å². The molecule has 1 amide bonds. The standard InChI is InChI=1S/C31H38FN3O5S/c1-6-27-28(16-33-29(37)23(14-19(3)4)18-41-20(5)36)35(31(34-27)40-7-2)17-22-13-12-21(15-26(22)32)24-10-8-9-11-25(24)30(38)39/h8-13,15,19,23H,6-7,14,16-18H2,1-5H3,(H,33,37)(H,38,39)/t23-/m1/s1. The van der Waals surface area contributed by atoms with Crippen molar-refractivity contribution in [2.75, 3.05) is 12.4 Å². The van der Waals surface area contributed by atoms with Crippen molar-refractivity contribution in [1.82, 2.24) is 14.9 Å². The third kappa shape index (κ3) is 8.42. The average molecular weight is 584 g/mol. The van der Waals surface area contributed by atoms with E-state index in [-0.39, 0.29) is 41.5 Å². The van der Waals surface area contributed by atoms with Crippen LogP contribution >= 0.6 is 11.8 Å². The topological polar surface area (TPSA) is 111 Å². The molecule has 0 fully saturated rings. The highest BCUT2D eigenvalue weighted by Gasteiger charge is 2.24. The molecule has 0 aliphatic rings. The van der Waals surface area contributed by atoms with E-state index in [0.29, 0.717) is 53.6 Å². The summed E-state index contributed by atoms with van der Waals surface area (Å²) in [5, 5.41) is 12.5. The first kappa shape index (κ1) is 31.9. The Morgan fingerprint density at radius 2 is 1.88 bits per heavy atom. The molecule has 0 unspecified atom stereocenters. The maximum atomic E-state index is 15.5. The monoisotopic (exact) mass is 583 g/mol. The van der Waals surface area contributed by atoms with Crippen LogP contribution in [0.4, 0.5) is 4.39 Å². The Morgan fingerprint density at radius 3 is 2.49 bits per heavy atom. The summed E-state index contributed by atoms with van der Waals surface area (Å²) in [6, 6.07) is 11.5. The summed E-state index contributed by atoms with van der Waals surface area (Å²) in [4.78, 5) is 41.0. The lowest BCUT2D eigenvalue weighted by molar-refractivity contribution is -0.125. The predicted octanol–water partition coefficient (Wildman–Crippen LogP) is 5.96. The van der Waals surface area contributed by atoms with Gasteiger partial charge in [0.15, 0.2) is 5.12 Å². The number of aromatic carboxylic acids is 1. The van der Waals surface area contributed by atoms with Gasteiger partial charge in [-0.05, 0) is 48.9 Å². The van der Waals surface area contributed by atoms with E-state index in [4.69, 9.17) is 4.74 Å². The summed E-state index contributed by atoms with van der Waals surface area (Å²) in [5.74, 6) is -1.35. The van der Waals surface area contributed by atoms with Crippen molar-refractivity contribution in [3.8, 4) is 17.1 Å². The molecule has 10 heteroatoms. The maximum absolute atomic E-state index is 15.5. The quantitative estimate of drug-likeness (QED) is 0.241. The number of carboxylic acids is 1. The highest BCUT2D eigenvalue weighted by atomic mass is 32.2. The van der Waals surface area contributed by atoms with Crippen molar-refractivity contribution in [2.45, 2.75) is 60.5 Å². The molecule has 1 atom stereocenters. The Balaban J connectivity index is 1.91. The molecule has 1 heterocycles. The second-order valence-corrected chi connectivity index (χ2v) is 11.4. The lowest BCUT2D eigenvalue weighted by Crippen LogP contribution is -2.33. The van der Waals surface area contributed by atoms with E-state index < -0.39 is 11.8 Å². The number of rotatable bonds is 14. The van der Waals surface area contributed by atoms with Crippen LogP contribution in [-0.4, -0.2) is 44.0 Å². The van der Waals surface area contributed by atoms with Crippen LogP contribution in [0.15, 0.2) is 42.5 Å². The molecule has 0 spiro atoms. The van der Waals surface area contributed by atoms with Crippen LogP contribution < -0.4 is 10.1 Å². The number of carboxylic acid groups (broad SMARTS) is 1. The second kappa shape index (κ2) is 14.8. The van der Waals surface area contributed by atoms with Crippen molar-refractivity contribution >= 4 is 28.8 Å². The van der Waals surface area contributed by atoms with Gasteiger partial charge in [-0.15, -0.1) is 0 Å². The Kier molecular flexibility index (Phi) is 11.5. The van der Waals surface area contributed by atoms with Crippen molar-refractivity contribution in [3.63, 3.8) is 0 Å². The summed E-state index contributed by atoms with van der Waals surface area (Å²) < 4.78 is 23.0. The molecule has 8 nitrogen and oxygen atoms in total. The smallest absolute Gasteiger partial charge is 0.336 e. The van der Waals surface area contributed by atoms with Gasteiger partial charge < -0.3 is 15.2 Å². The molecule has 3 rings (SSSR count). The van der Waals surface area contributed by atoms with Gasteiger partial charge in [0.2, 0.25) is 5.91 Å². The van der Waals surface area contributed by atoms with Gasteiger partial charge in [-0.2, -0.15) is 4.98 Å². The number of aromatic nitrogens is 2. The van der Waals surface area contributed by atoms with Crippen LogP contribution in [0.2, 0.25) is 0 Å². The summed E-state index contributed by atoms with van der Waals surface area (Å²) >= 11 is 1.15. The fourth-order valence-corrected chi connectivity index (χ4v) is 5.41. The van der Waals surface area contributed by atoms with E-state index in [1.54, 1.807) is 34.9 Å². The van der Waals surface area contributed by atoms with Crippen LogP contribution in [0, 0.1) is 17.7 Å². The fraction of sp³-hybridized carbons (Fsp3) is 0.419. The van der Waals surface area contributed by atoms with Crippen LogP contribution in [-0.2, 0) is 29.1 Å². The number of aryl methyl sites for hydroxylation is 1. The summed E-state index contributed by atoms with van der Waals surface area (Å²) in [6.07, 6.45) is 1.24. The zero-order valence-electron chi connectivity index (χ0n) is 24.2. The summed E-state index contributed by atoms with van der Waals surface area (Å²) in [7, 11) is 0. The lowest BCUT2D eigenvalue weighted by Gasteiger charge is -2.19. The van der Waals surface area contributed by atoms with E-state index >= 15 is 4.39 Å². The third-order valence-electron chi connectivity index (χ3n) is 6.62. The molecule has 0 aliphatic carbocycles. The first-order valence-corrected chi connectivity index (χ1v) is 14.8. The van der Waals surface area contributed by atoms with Gasteiger partial charge in [-0.3, -0.25) is 14.2 Å². The third-order valence-corrected chi connectivity index (χ3v) is 7.60. The zero-order valence-corrected chi connectivity index (χ0v) is 25.0. The van der Waals surface area contributed by atoms with E-state index in [2.05, 4.69) is 10.3 Å². The number of nitrogens with one attached hydrogen (secondary N) is 1. The van der Waals surface area contributed by atoms with Crippen LogP contribution in [0.25, 0.3) is 11.1 Å². The normalized spacial score (nSPS) is 11.9. The molecule has 0 bridgehead atoms. The lowest BCUT2D eigenvalue weighted by atomic mass is 9.98. The Labute approximate surface area is 244 Å². The van der Waals surface area contributed by atoms with Gasteiger partial charge in [-0.1, -0.05) is 62.9 Å². The molecular formula is C31H38FN3O5S. The number of benzene rings is 2. The summed E-state index contributed by atoms with van der Waals surface area (Å²) in [6.45, 7) is 10.0. The van der Waals surface area contributed by atoms with Crippen LogP contribution in [0.1, 0.15) is 68.3 Å². The van der Waals surface area contributed by atoms with Crippen LogP contribution in [0.3, 0.4) is 0 Å². The van der Waals surface area contributed by atoms with Gasteiger partial charge in [0.05, 0.1) is 36.6 Å². The number of hydrogen-bond donors (Lipinski definition) is 2. The summed E-state index contributed by atoms with van der Waals surface area (Å²) in [5.41, 5.74) is 2.80. The van der Waals surface area contributed by atoms with Crippen molar-refractivity contribution in [1.29, 1.82) is 0 Å². The minimum atomic E-state index is -1.08. The highest BCUT2D eigenvalue weighted by molar-refractivity contribution is 8.13. The van der Waals surface area contributed by atoms with Gasteiger partial charge in [0.25, 0.3) is 6.01 Å². The first-order chi connectivity index (χ1) is 19.5. The second-order valence-electron chi connectivity index (χ2n) is 10.2. The SMILES string of the molecule is CCOc1nc(CC)c(CNC(=O)[C@@H](CSC(C)=O)CC(C)C)n1Cc1ccc(-c2ccccc2C(=O)O)cc1F. The van der Waals surface area contributed by atoms with E-state index in [9.17, 15) is 19.5 Å². The Bertz CT molecular complexity index is 1390. The number of ether oxygens (including phenoxy) is 1. The number of amides is 1. The molecule has 3 aromatic rings. The number of nitrogens with zero attached hydrogens (tertiary/aromatic N) is 2. The van der Waals surface area contributed by atoms with Gasteiger partial charge in [0.1, 0.15) is 5.82 Å². The molecule has 0 aliphatic heterocycles. The van der Waals surface area contributed by atoms with E-state index in [1.807, 2.05) is 27.7 Å². The number of thioether (sulfide) groups is 1. The van der Waals surface area contributed by atoms with Crippen molar-refractivity contribution in [2.24, 2.45) is 11.8 Å². The first-order valence-electron chi connectivity index (χ1n) is 13.8. The molecule has 2 aromatic carbocycles. The minimum Gasteiger partial charge on any atom is -0.478 e. The molecule has 1 aromatic heterocycles. The van der Waals surface area contributed by atoms with E-state index in [0.717, 1.165) is 17.5 Å². The average Bonchev–Trinajstić information content (AvgIpc) is 3.26. The molecule has 41 heavy (non-hydrogen) atoms. The predicted molar refractivity (Wildman–Crippen MR) is 159 cm³/mol. The molecule has 0 radical (unpaired) electrons. The molecule has 0 saturated heterocycles. The minimum absolute atomic E-state index is 0.0289. The van der Waals surface area contributed by atoms with Gasteiger partial charge >= 0.3 is 5.97 Å².